The summed E-state index contributed by atoms with van der Waals surface area (Å²) in [6, 6.07) is 12.3. The minimum atomic E-state index is -0.405. The van der Waals surface area contributed by atoms with Crippen LogP contribution in [0.2, 0.25) is 0 Å². The predicted octanol–water partition coefficient (Wildman–Crippen LogP) is 2.69. The molecule has 1 aromatic carbocycles. The highest BCUT2D eigenvalue weighted by Crippen LogP contribution is 2.12. The summed E-state index contributed by atoms with van der Waals surface area (Å²) >= 11 is 0. The van der Waals surface area contributed by atoms with Gasteiger partial charge in [-0.3, -0.25) is 15.1 Å². The van der Waals surface area contributed by atoms with Gasteiger partial charge in [0.1, 0.15) is 0 Å². The van der Waals surface area contributed by atoms with Crippen molar-refractivity contribution >= 4 is 11.6 Å². The van der Waals surface area contributed by atoms with Crippen LogP contribution in [-0.2, 0) is 17.7 Å². The molecule has 28 heavy (non-hydrogen) atoms. The molecular formula is C20H27N5O3. The van der Waals surface area contributed by atoms with E-state index in [-0.39, 0.29) is 5.69 Å². The van der Waals surface area contributed by atoms with Gasteiger partial charge in [0.05, 0.1) is 11.5 Å². The molecular weight excluding hydrogens is 358 g/mol. The molecule has 8 nitrogen and oxygen atoms in total. The number of nitrogens with one attached hydrogen (secondary N) is 2. The highest BCUT2D eigenvalue weighted by Gasteiger charge is 2.04. The summed E-state index contributed by atoms with van der Waals surface area (Å²) in [7, 11) is 0. The SMILES string of the molecule is CCOCCCNC(=NCc1ccc([N+](=O)[O-])cc1)NCCc1ccccn1. The molecule has 0 unspecified atom stereocenters. The van der Waals surface area contributed by atoms with Crippen molar-refractivity contribution in [2.45, 2.75) is 26.3 Å². The van der Waals surface area contributed by atoms with Crippen molar-refractivity contribution in [3.05, 3.63) is 70.0 Å². The van der Waals surface area contributed by atoms with Gasteiger partial charge in [-0.1, -0.05) is 18.2 Å². The molecule has 0 bridgehead atoms. The fraction of sp³-hybridized carbons (Fsp3) is 0.400. The van der Waals surface area contributed by atoms with Crippen molar-refractivity contribution in [2.75, 3.05) is 26.3 Å². The van der Waals surface area contributed by atoms with Crippen molar-refractivity contribution in [3.63, 3.8) is 0 Å². The summed E-state index contributed by atoms with van der Waals surface area (Å²) in [4.78, 5) is 19.2. The molecule has 0 aliphatic heterocycles. The van der Waals surface area contributed by atoms with Gasteiger partial charge in [0, 0.05) is 56.7 Å². The first-order valence-corrected chi connectivity index (χ1v) is 9.42. The van der Waals surface area contributed by atoms with Gasteiger partial charge in [-0.05, 0) is 31.0 Å². The smallest absolute Gasteiger partial charge is 0.269 e. The van der Waals surface area contributed by atoms with Crippen LogP contribution in [0, 0.1) is 10.1 Å². The lowest BCUT2D eigenvalue weighted by molar-refractivity contribution is -0.384. The number of ether oxygens (including phenoxy) is 1. The summed E-state index contributed by atoms with van der Waals surface area (Å²) < 4.78 is 5.35. The molecule has 0 amide bonds. The first kappa shape index (κ1) is 21.3. The van der Waals surface area contributed by atoms with Crippen LogP contribution in [0.25, 0.3) is 0 Å². The van der Waals surface area contributed by atoms with Crippen LogP contribution in [-0.4, -0.2) is 42.2 Å². The molecule has 0 fully saturated rings. The first-order chi connectivity index (χ1) is 13.7. The molecule has 2 N–H and O–H groups in total. The van der Waals surface area contributed by atoms with E-state index in [1.165, 1.54) is 12.1 Å². The third-order valence-corrected chi connectivity index (χ3v) is 3.93. The zero-order chi connectivity index (χ0) is 20.0. The van der Waals surface area contributed by atoms with E-state index in [0.717, 1.165) is 30.6 Å². The standard InChI is InChI=1S/C20H27N5O3/c1-2-28-15-5-13-22-20(23-14-11-18-6-3-4-12-21-18)24-16-17-7-9-19(10-8-17)25(26)27/h3-4,6-10,12H,2,5,11,13-16H2,1H3,(H2,22,23,24). The Morgan fingerprint density at radius 2 is 1.96 bits per heavy atom. The number of aromatic nitrogens is 1. The lowest BCUT2D eigenvalue weighted by atomic mass is 10.2. The van der Waals surface area contributed by atoms with Gasteiger partial charge >= 0.3 is 0 Å². The number of pyridine rings is 1. The Bertz CT molecular complexity index is 735. The van der Waals surface area contributed by atoms with E-state index in [1.807, 2.05) is 25.1 Å². The molecule has 150 valence electrons. The Morgan fingerprint density at radius 1 is 1.18 bits per heavy atom. The lowest BCUT2D eigenvalue weighted by Gasteiger charge is -2.12. The number of benzene rings is 1. The van der Waals surface area contributed by atoms with Crippen molar-refractivity contribution in [1.29, 1.82) is 0 Å². The highest BCUT2D eigenvalue weighted by atomic mass is 16.6. The van der Waals surface area contributed by atoms with Gasteiger partial charge in [0.15, 0.2) is 5.96 Å². The number of nitro groups is 1. The number of nitro benzene ring substituents is 1. The summed E-state index contributed by atoms with van der Waals surface area (Å²) in [6.45, 7) is 5.27. The fourth-order valence-electron chi connectivity index (χ4n) is 2.45. The van der Waals surface area contributed by atoms with Gasteiger partial charge in [0.25, 0.3) is 5.69 Å². The molecule has 0 radical (unpaired) electrons. The van der Waals surface area contributed by atoms with Crippen LogP contribution in [0.4, 0.5) is 5.69 Å². The second-order valence-electron chi connectivity index (χ2n) is 6.06. The fourth-order valence-corrected chi connectivity index (χ4v) is 2.45. The van der Waals surface area contributed by atoms with E-state index in [9.17, 15) is 10.1 Å². The van der Waals surface area contributed by atoms with Crippen LogP contribution in [0.3, 0.4) is 0 Å². The van der Waals surface area contributed by atoms with E-state index < -0.39 is 4.92 Å². The summed E-state index contributed by atoms with van der Waals surface area (Å²) in [6.07, 6.45) is 3.45. The van der Waals surface area contributed by atoms with Crippen molar-refractivity contribution < 1.29 is 9.66 Å². The summed E-state index contributed by atoms with van der Waals surface area (Å²) in [5.41, 5.74) is 2.00. The van der Waals surface area contributed by atoms with Gasteiger partial charge < -0.3 is 15.4 Å². The van der Waals surface area contributed by atoms with Crippen molar-refractivity contribution in [3.8, 4) is 0 Å². The Hall–Kier alpha value is -3.00. The molecule has 8 heteroatoms. The quantitative estimate of drug-likeness (QED) is 0.203. The second kappa shape index (κ2) is 12.4. The monoisotopic (exact) mass is 385 g/mol. The van der Waals surface area contributed by atoms with E-state index in [0.29, 0.717) is 32.3 Å². The summed E-state index contributed by atoms with van der Waals surface area (Å²) in [5, 5.41) is 17.4. The molecule has 0 atom stereocenters. The number of non-ortho nitro benzene ring substituents is 1. The maximum absolute atomic E-state index is 10.7. The second-order valence-corrected chi connectivity index (χ2v) is 6.06. The topological polar surface area (TPSA) is 102 Å². The third-order valence-electron chi connectivity index (χ3n) is 3.93. The van der Waals surface area contributed by atoms with E-state index in [1.54, 1.807) is 18.3 Å². The average molecular weight is 385 g/mol. The molecule has 0 saturated carbocycles. The van der Waals surface area contributed by atoms with E-state index in [2.05, 4.69) is 20.6 Å². The largest absolute Gasteiger partial charge is 0.382 e. The Labute approximate surface area is 165 Å². The number of nitrogens with zero attached hydrogens (tertiary/aromatic N) is 3. The molecule has 0 spiro atoms. The maximum atomic E-state index is 10.7. The van der Waals surface area contributed by atoms with Gasteiger partial charge in [0.2, 0.25) is 0 Å². The van der Waals surface area contributed by atoms with E-state index >= 15 is 0 Å². The normalized spacial score (nSPS) is 11.2. The Morgan fingerprint density at radius 3 is 2.64 bits per heavy atom. The maximum Gasteiger partial charge on any atom is 0.269 e. The van der Waals surface area contributed by atoms with Gasteiger partial charge in [-0.2, -0.15) is 0 Å². The average Bonchev–Trinajstić information content (AvgIpc) is 2.72. The van der Waals surface area contributed by atoms with E-state index in [4.69, 9.17) is 4.74 Å². The van der Waals surface area contributed by atoms with Crippen LogP contribution >= 0.6 is 0 Å². The molecule has 1 aromatic heterocycles. The molecule has 0 aliphatic rings. The number of guanidine groups is 1. The Balaban J connectivity index is 1.89. The van der Waals surface area contributed by atoms with Crippen molar-refractivity contribution in [1.82, 2.24) is 15.6 Å². The van der Waals surface area contributed by atoms with Crippen LogP contribution < -0.4 is 10.6 Å². The van der Waals surface area contributed by atoms with Crippen LogP contribution in [0.15, 0.2) is 53.7 Å². The number of rotatable bonds is 11. The Kier molecular flexibility index (Phi) is 9.43. The number of aliphatic imine (C=N–C) groups is 1. The van der Waals surface area contributed by atoms with Crippen LogP contribution in [0.1, 0.15) is 24.6 Å². The molecule has 0 aliphatic carbocycles. The number of hydrogen-bond acceptors (Lipinski definition) is 5. The number of hydrogen-bond donors (Lipinski definition) is 2. The molecule has 2 rings (SSSR count). The lowest BCUT2D eigenvalue weighted by Crippen LogP contribution is -2.39. The first-order valence-electron chi connectivity index (χ1n) is 9.42. The summed E-state index contributed by atoms with van der Waals surface area (Å²) in [5.74, 6) is 0.700. The minimum absolute atomic E-state index is 0.0792. The zero-order valence-electron chi connectivity index (χ0n) is 16.1. The molecule has 1 heterocycles. The third kappa shape index (κ3) is 8.13. The zero-order valence-corrected chi connectivity index (χ0v) is 16.1. The minimum Gasteiger partial charge on any atom is -0.382 e. The van der Waals surface area contributed by atoms with Gasteiger partial charge in [-0.15, -0.1) is 0 Å². The molecule has 2 aromatic rings. The van der Waals surface area contributed by atoms with Gasteiger partial charge in [-0.25, -0.2) is 4.99 Å². The van der Waals surface area contributed by atoms with Crippen LogP contribution in [0.5, 0.6) is 0 Å². The predicted molar refractivity (Wildman–Crippen MR) is 109 cm³/mol. The molecule has 0 saturated heterocycles. The highest BCUT2D eigenvalue weighted by molar-refractivity contribution is 5.79. The van der Waals surface area contributed by atoms with Crippen molar-refractivity contribution in [2.24, 2.45) is 4.99 Å².